The minimum atomic E-state index is -0.0337. The van der Waals surface area contributed by atoms with Gasteiger partial charge in [-0.15, -0.1) is 11.8 Å². The van der Waals surface area contributed by atoms with E-state index in [1.807, 2.05) is 42.5 Å². The molecule has 1 aliphatic rings. The Balaban J connectivity index is 1.38. The number of aliphatic hydroxyl groups is 1. The molecule has 0 spiro atoms. The maximum Gasteiger partial charge on any atom is 0.253 e. The number of nitrogens with zero attached hydrogens (tertiary/aromatic N) is 4. The number of nitrogens with one attached hydrogen (secondary N) is 1. The topological polar surface area (TPSA) is 98.7 Å². The normalized spacial score (nSPS) is 13.6. The second kappa shape index (κ2) is 11.1. The predicted molar refractivity (Wildman–Crippen MR) is 133 cm³/mol. The van der Waals surface area contributed by atoms with Crippen LogP contribution >= 0.6 is 11.8 Å². The lowest BCUT2D eigenvalue weighted by Gasteiger charge is -2.34. The Morgan fingerprint density at radius 3 is 2.29 bits per heavy atom. The third-order valence-corrected chi connectivity index (χ3v) is 6.56. The fourth-order valence-electron chi connectivity index (χ4n) is 3.70. The molecule has 176 valence electrons. The molecule has 2 aromatic carbocycles. The molecule has 2 heterocycles. The van der Waals surface area contributed by atoms with Gasteiger partial charge in [-0.25, -0.2) is 9.97 Å². The highest BCUT2D eigenvalue weighted by atomic mass is 32.2. The van der Waals surface area contributed by atoms with Crippen LogP contribution in [0.4, 0.5) is 11.6 Å². The van der Waals surface area contributed by atoms with Gasteiger partial charge in [-0.2, -0.15) is 0 Å². The highest BCUT2D eigenvalue weighted by Crippen LogP contribution is 2.24. The molecule has 2 amide bonds. The van der Waals surface area contributed by atoms with E-state index < -0.39 is 0 Å². The summed E-state index contributed by atoms with van der Waals surface area (Å²) in [7, 11) is 0. The van der Waals surface area contributed by atoms with Crippen LogP contribution in [-0.2, 0) is 4.79 Å². The molecule has 0 radical (unpaired) electrons. The van der Waals surface area contributed by atoms with E-state index in [1.165, 1.54) is 0 Å². The fraction of sp³-hybridized carbons (Fsp3) is 0.280. The highest BCUT2D eigenvalue weighted by Gasteiger charge is 2.23. The summed E-state index contributed by atoms with van der Waals surface area (Å²) in [6.07, 6.45) is 1.71. The number of carbonyl (C=O) groups is 2. The second-order valence-corrected chi connectivity index (χ2v) is 9.03. The Hall–Kier alpha value is -3.43. The van der Waals surface area contributed by atoms with Crippen molar-refractivity contribution in [2.24, 2.45) is 0 Å². The Kier molecular flexibility index (Phi) is 7.76. The quantitative estimate of drug-likeness (QED) is 0.504. The van der Waals surface area contributed by atoms with E-state index in [4.69, 9.17) is 5.11 Å². The Labute approximate surface area is 203 Å². The Morgan fingerprint density at radius 1 is 0.971 bits per heavy atom. The summed E-state index contributed by atoms with van der Waals surface area (Å²) in [5, 5.41) is 12.2. The van der Waals surface area contributed by atoms with Gasteiger partial charge in [0.25, 0.3) is 5.91 Å². The molecule has 1 aliphatic heterocycles. The smallest absolute Gasteiger partial charge is 0.253 e. The number of rotatable bonds is 7. The van der Waals surface area contributed by atoms with Gasteiger partial charge in [0.05, 0.1) is 12.3 Å². The van der Waals surface area contributed by atoms with Gasteiger partial charge in [-0.05, 0) is 42.5 Å². The molecule has 34 heavy (non-hydrogen) atoms. The number of piperazine rings is 1. The first-order valence-corrected chi connectivity index (χ1v) is 12.1. The number of amides is 2. The first-order chi connectivity index (χ1) is 16.5. The van der Waals surface area contributed by atoms with Crippen molar-refractivity contribution < 1.29 is 14.7 Å². The van der Waals surface area contributed by atoms with Crippen molar-refractivity contribution in [2.75, 3.05) is 43.9 Å². The Morgan fingerprint density at radius 2 is 1.65 bits per heavy atom. The van der Waals surface area contributed by atoms with E-state index in [0.717, 1.165) is 21.8 Å². The average Bonchev–Trinajstić information content (AvgIpc) is 2.88. The molecule has 2 N–H and O–H groups in total. The van der Waals surface area contributed by atoms with Crippen LogP contribution in [0.2, 0.25) is 0 Å². The lowest BCUT2D eigenvalue weighted by molar-refractivity contribution is -0.130. The zero-order valence-corrected chi connectivity index (χ0v) is 19.8. The third kappa shape index (κ3) is 5.92. The van der Waals surface area contributed by atoms with Crippen molar-refractivity contribution in [1.29, 1.82) is 0 Å². The molecular formula is C25H27N5O3S. The molecule has 0 bridgehead atoms. The zero-order valence-electron chi connectivity index (χ0n) is 19.0. The van der Waals surface area contributed by atoms with Gasteiger partial charge in [0.15, 0.2) is 0 Å². The molecule has 9 heteroatoms. The molecule has 0 unspecified atom stereocenters. The van der Waals surface area contributed by atoms with Gasteiger partial charge in [0.2, 0.25) is 11.9 Å². The summed E-state index contributed by atoms with van der Waals surface area (Å²) in [6.45, 7) is 3.93. The number of thioether (sulfide) groups is 1. The zero-order chi connectivity index (χ0) is 23.9. The SMILES string of the molecule is CC(=O)N1CCN(C(=O)c2ccc(Nc3nccc(-c4ccc(SCCO)cc4)n3)cc2)CC1. The lowest BCUT2D eigenvalue weighted by atomic mass is 10.1. The van der Waals surface area contributed by atoms with Crippen molar-refractivity contribution >= 4 is 35.2 Å². The number of hydrogen-bond acceptors (Lipinski definition) is 7. The lowest BCUT2D eigenvalue weighted by Crippen LogP contribution is -2.50. The van der Waals surface area contributed by atoms with Gasteiger partial charge < -0.3 is 20.2 Å². The van der Waals surface area contributed by atoms with Crippen molar-refractivity contribution in [3.05, 3.63) is 66.4 Å². The van der Waals surface area contributed by atoms with Crippen LogP contribution in [0.3, 0.4) is 0 Å². The van der Waals surface area contributed by atoms with Gasteiger partial charge in [0.1, 0.15) is 0 Å². The Bertz CT molecular complexity index is 1130. The number of aromatic nitrogens is 2. The first kappa shape index (κ1) is 23.7. The molecule has 0 aliphatic carbocycles. The molecule has 1 fully saturated rings. The number of benzene rings is 2. The van der Waals surface area contributed by atoms with E-state index in [1.54, 1.807) is 46.8 Å². The summed E-state index contributed by atoms with van der Waals surface area (Å²) in [5.74, 6) is 1.15. The minimum absolute atomic E-state index is 0.0337. The van der Waals surface area contributed by atoms with E-state index in [-0.39, 0.29) is 18.4 Å². The molecule has 0 saturated carbocycles. The van der Waals surface area contributed by atoms with Crippen LogP contribution in [-0.4, -0.2) is 75.2 Å². The average molecular weight is 478 g/mol. The van der Waals surface area contributed by atoms with Crippen LogP contribution in [0.1, 0.15) is 17.3 Å². The molecular weight excluding hydrogens is 450 g/mol. The van der Waals surface area contributed by atoms with Gasteiger partial charge in [-0.3, -0.25) is 9.59 Å². The van der Waals surface area contributed by atoms with Crippen molar-refractivity contribution in [3.63, 3.8) is 0 Å². The summed E-state index contributed by atoms with van der Waals surface area (Å²) >= 11 is 1.60. The predicted octanol–water partition coefficient (Wildman–Crippen LogP) is 3.28. The summed E-state index contributed by atoms with van der Waals surface area (Å²) in [5.41, 5.74) is 3.17. The van der Waals surface area contributed by atoms with Crippen LogP contribution in [0.15, 0.2) is 65.7 Å². The molecule has 1 saturated heterocycles. The number of hydrogen-bond donors (Lipinski definition) is 2. The number of carbonyl (C=O) groups excluding carboxylic acids is 2. The number of aliphatic hydroxyl groups excluding tert-OH is 1. The van der Waals surface area contributed by atoms with Crippen LogP contribution in [0.5, 0.6) is 0 Å². The van der Waals surface area contributed by atoms with Gasteiger partial charge in [0, 0.05) is 66.8 Å². The summed E-state index contributed by atoms with van der Waals surface area (Å²) in [4.78, 5) is 37.8. The molecule has 0 atom stereocenters. The second-order valence-electron chi connectivity index (χ2n) is 7.86. The molecule has 3 aromatic rings. The summed E-state index contributed by atoms with van der Waals surface area (Å²) < 4.78 is 0. The van der Waals surface area contributed by atoms with Gasteiger partial charge >= 0.3 is 0 Å². The third-order valence-electron chi connectivity index (χ3n) is 5.57. The summed E-state index contributed by atoms with van der Waals surface area (Å²) in [6, 6.07) is 17.1. The highest BCUT2D eigenvalue weighted by molar-refractivity contribution is 7.99. The fourth-order valence-corrected chi connectivity index (χ4v) is 4.35. The van der Waals surface area contributed by atoms with E-state index >= 15 is 0 Å². The van der Waals surface area contributed by atoms with Crippen molar-refractivity contribution in [2.45, 2.75) is 11.8 Å². The van der Waals surface area contributed by atoms with Gasteiger partial charge in [-0.1, -0.05) is 12.1 Å². The largest absolute Gasteiger partial charge is 0.396 e. The monoisotopic (exact) mass is 477 g/mol. The van der Waals surface area contributed by atoms with E-state index in [0.29, 0.717) is 43.4 Å². The van der Waals surface area contributed by atoms with Crippen LogP contribution in [0, 0.1) is 0 Å². The minimum Gasteiger partial charge on any atom is -0.396 e. The molecule has 4 rings (SSSR count). The van der Waals surface area contributed by atoms with Crippen molar-refractivity contribution in [3.8, 4) is 11.3 Å². The molecule has 1 aromatic heterocycles. The maximum atomic E-state index is 12.8. The standard InChI is InChI=1S/C25H27N5O3S/c1-18(32)29-12-14-30(15-13-29)24(33)20-2-6-21(7-3-20)27-25-26-11-10-23(28-25)19-4-8-22(9-5-19)34-17-16-31/h2-11,31H,12-17H2,1H3,(H,26,27,28). The van der Waals surface area contributed by atoms with Crippen LogP contribution < -0.4 is 5.32 Å². The van der Waals surface area contributed by atoms with Crippen molar-refractivity contribution in [1.82, 2.24) is 19.8 Å². The number of anilines is 2. The van der Waals surface area contributed by atoms with E-state index in [2.05, 4.69) is 15.3 Å². The first-order valence-electron chi connectivity index (χ1n) is 11.1. The maximum absolute atomic E-state index is 12.8. The molecule has 8 nitrogen and oxygen atoms in total. The van der Waals surface area contributed by atoms with E-state index in [9.17, 15) is 9.59 Å². The van der Waals surface area contributed by atoms with Crippen LogP contribution in [0.25, 0.3) is 11.3 Å².